The van der Waals surface area contributed by atoms with Gasteiger partial charge in [0.1, 0.15) is 0 Å². The summed E-state index contributed by atoms with van der Waals surface area (Å²) in [6.07, 6.45) is 1.22. The molecule has 5 heteroatoms. The van der Waals surface area contributed by atoms with Crippen LogP contribution in [-0.2, 0) is 11.3 Å². The molecule has 4 nitrogen and oxygen atoms in total. The monoisotopic (exact) mass is 304 g/mol. The minimum Gasteiger partial charge on any atom is -0.481 e. The second-order valence-corrected chi connectivity index (χ2v) is 7.51. The highest BCUT2D eigenvalue weighted by molar-refractivity contribution is 7.99. The van der Waals surface area contributed by atoms with Crippen molar-refractivity contribution >= 4 is 28.8 Å². The summed E-state index contributed by atoms with van der Waals surface area (Å²) in [5, 5.41) is 9.72. The van der Waals surface area contributed by atoms with E-state index in [1.54, 1.807) is 0 Å². The first-order valence-corrected chi connectivity index (χ1v) is 8.17. The maximum Gasteiger partial charge on any atom is 0.313 e. The Bertz CT molecular complexity index is 706. The van der Waals surface area contributed by atoms with Crippen LogP contribution in [0, 0.1) is 18.3 Å². The number of imidazole rings is 1. The Kier molecular flexibility index (Phi) is 3.48. The lowest BCUT2D eigenvalue weighted by Gasteiger charge is -2.10. The maximum atomic E-state index is 10.8. The fourth-order valence-electron chi connectivity index (χ4n) is 2.73. The Hall–Kier alpha value is -1.49. The van der Waals surface area contributed by atoms with Crippen molar-refractivity contribution < 1.29 is 9.90 Å². The lowest BCUT2D eigenvalue weighted by Crippen LogP contribution is -2.07. The van der Waals surface area contributed by atoms with Crippen LogP contribution in [0.2, 0.25) is 0 Å². The zero-order chi connectivity index (χ0) is 15.2. The second-order valence-electron chi connectivity index (χ2n) is 6.57. The van der Waals surface area contributed by atoms with Crippen LogP contribution in [0.15, 0.2) is 23.4 Å². The van der Waals surface area contributed by atoms with Gasteiger partial charge in [-0.05, 0) is 42.4 Å². The van der Waals surface area contributed by atoms with E-state index in [2.05, 4.69) is 36.4 Å². The summed E-state index contributed by atoms with van der Waals surface area (Å²) in [6, 6.07) is 6.21. The van der Waals surface area contributed by atoms with E-state index < -0.39 is 5.97 Å². The minimum absolute atomic E-state index is 0.0519. The fraction of sp³-hybridized carbons (Fsp3) is 0.500. The number of thioether (sulfide) groups is 1. The van der Waals surface area contributed by atoms with Gasteiger partial charge in [-0.15, -0.1) is 0 Å². The average Bonchev–Trinajstić information content (AvgIpc) is 2.86. The molecule has 112 valence electrons. The van der Waals surface area contributed by atoms with Gasteiger partial charge in [0, 0.05) is 6.54 Å². The Morgan fingerprint density at radius 2 is 2.24 bits per heavy atom. The van der Waals surface area contributed by atoms with Gasteiger partial charge in [-0.1, -0.05) is 31.7 Å². The standard InChI is InChI=1S/C16H20N2O2S/c1-10-4-5-12-13(6-10)18(8-11-7-16(11,2)3)15(17-12)21-9-14(19)20/h4-6,11H,7-9H2,1-3H3,(H,19,20). The third-order valence-electron chi connectivity index (χ3n) is 4.31. The van der Waals surface area contributed by atoms with Gasteiger partial charge in [-0.25, -0.2) is 4.98 Å². The molecular weight excluding hydrogens is 284 g/mol. The van der Waals surface area contributed by atoms with Gasteiger partial charge < -0.3 is 9.67 Å². The van der Waals surface area contributed by atoms with Crippen LogP contribution in [0.1, 0.15) is 25.8 Å². The maximum absolute atomic E-state index is 10.8. The Morgan fingerprint density at radius 3 is 2.86 bits per heavy atom. The van der Waals surface area contributed by atoms with Gasteiger partial charge in [-0.2, -0.15) is 0 Å². The van der Waals surface area contributed by atoms with Gasteiger partial charge in [0.15, 0.2) is 5.16 Å². The van der Waals surface area contributed by atoms with Crippen molar-refractivity contribution in [3.8, 4) is 0 Å². The zero-order valence-corrected chi connectivity index (χ0v) is 13.4. The summed E-state index contributed by atoms with van der Waals surface area (Å²) in [5.74, 6) is -0.0998. The topological polar surface area (TPSA) is 55.1 Å². The predicted octanol–water partition coefficient (Wildman–Crippen LogP) is 3.57. The number of carboxylic acids is 1. The lowest BCUT2D eigenvalue weighted by molar-refractivity contribution is -0.133. The SMILES string of the molecule is Cc1ccc2nc(SCC(=O)O)n(CC3CC3(C)C)c2c1. The first kappa shape index (κ1) is 14.4. The first-order valence-electron chi connectivity index (χ1n) is 7.18. The van der Waals surface area contributed by atoms with Crippen LogP contribution in [0.25, 0.3) is 11.0 Å². The molecule has 1 saturated carbocycles. The molecule has 1 aliphatic rings. The summed E-state index contributed by atoms with van der Waals surface area (Å²) in [6.45, 7) is 7.56. The van der Waals surface area contributed by atoms with E-state index in [-0.39, 0.29) is 5.75 Å². The van der Waals surface area contributed by atoms with E-state index in [0.29, 0.717) is 11.3 Å². The largest absolute Gasteiger partial charge is 0.481 e. The summed E-state index contributed by atoms with van der Waals surface area (Å²) >= 11 is 1.31. The number of nitrogens with zero attached hydrogens (tertiary/aromatic N) is 2. The molecule has 1 fully saturated rings. The molecule has 0 bridgehead atoms. The molecule has 1 aliphatic carbocycles. The van der Waals surface area contributed by atoms with Crippen molar-refractivity contribution in [2.24, 2.45) is 11.3 Å². The van der Waals surface area contributed by atoms with Gasteiger partial charge in [0.05, 0.1) is 16.8 Å². The Morgan fingerprint density at radius 1 is 1.52 bits per heavy atom. The van der Waals surface area contributed by atoms with Crippen LogP contribution in [0.3, 0.4) is 0 Å². The van der Waals surface area contributed by atoms with Crippen LogP contribution in [-0.4, -0.2) is 26.4 Å². The van der Waals surface area contributed by atoms with Crippen molar-refractivity contribution in [2.45, 2.75) is 38.9 Å². The number of hydrogen-bond acceptors (Lipinski definition) is 3. The molecule has 1 heterocycles. The number of benzene rings is 1. The lowest BCUT2D eigenvalue weighted by atomic mass is 10.1. The molecule has 0 saturated heterocycles. The molecule has 21 heavy (non-hydrogen) atoms. The minimum atomic E-state index is -0.804. The van der Waals surface area contributed by atoms with E-state index >= 15 is 0 Å². The van der Waals surface area contributed by atoms with E-state index in [1.807, 2.05) is 12.1 Å². The van der Waals surface area contributed by atoms with Crippen LogP contribution in [0.4, 0.5) is 0 Å². The summed E-state index contributed by atoms with van der Waals surface area (Å²) in [7, 11) is 0. The molecule has 0 radical (unpaired) electrons. The number of rotatable bonds is 5. The van der Waals surface area contributed by atoms with Gasteiger partial charge in [0.25, 0.3) is 0 Å². The van der Waals surface area contributed by atoms with Crippen molar-refractivity contribution in [2.75, 3.05) is 5.75 Å². The molecule has 2 aromatic rings. The molecular formula is C16H20N2O2S. The van der Waals surface area contributed by atoms with Crippen molar-refractivity contribution in [1.29, 1.82) is 0 Å². The third kappa shape index (κ3) is 2.93. The molecule has 1 unspecified atom stereocenters. The predicted molar refractivity (Wildman–Crippen MR) is 84.7 cm³/mol. The molecule has 1 N–H and O–H groups in total. The van der Waals surface area contributed by atoms with E-state index in [0.717, 1.165) is 22.7 Å². The van der Waals surface area contributed by atoms with Crippen molar-refractivity contribution in [1.82, 2.24) is 9.55 Å². The average molecular weight is 304 g/mol. The number of carboxylic acid groups (broad SMARTS) is 1. The van der Waals surface area contributed by atoms with Gasteiger partial charge in [-0.3, -0.25) is 4.79 Å². The highest BCUT2D eigenvalue weighted by Crippen LogP contribution is 2.53. The van der Waals surface area contributed by atoms with E-state index in [1.165, 1.54) is 23.7 Å². The van der Waals surface area contributed by atoms with Crippen molar-refractivity contribution in [3.05, 3.63) is 23.8 Å². The quantitative estimate of drug-likeness (QED) is 0.858. The van der Waals surface area contributed by atoms with Crippen molar-refractivity contribution in [3.63, 3.8) is 0 Å². The smallest absolute Gasteiger partial charge is 0.313 e. The number of aliphatic carboxylic acids is 1. The molecule has 1 aromatic heterocycles. The Balaban J connectivity index is 1.97. The zero-order valence-electron chi connectivity index (χ0n) is 12.6. The highest BCUT2D eigenvalue weighted by Gasteiger charge is 2.45. The van der Waals surface area contributed by atoms with Crippen LogP contribution in [0.5, 0.6) is 0 Å². The normalized spacial score (nSPS) is 19.9. The van der Waals surface area contributed by atoms with Crippen LogP contribution < -0.4 is 0 Å². The molecule has 1 atom stereocenters. The summed E-state index contributed by atoms with van der Waals surface area (Å²) in [5.41, 5.74) is 3.67. The number of aromatic nitrogens is 2. The summed E-state index contributed by atoms with van der Waals surface area (Å²) < 4.78 is 2.20. The summed E-state index contributed by atoms with van der Waals surface area (Å²) in [4.78, 5) is 15.4. The third-order valence-corrected chi connectivity index (χ3v) is 5.28. The molecule has 0 amide bonds. The first-order chi connectivity index (χ1) is 9.87. The van der Waals surface area contributed by atoms with E-state index in [9.17, 15) is 4.79 Å². The number of hydrogen-bond donors (Lipinski definition) is 1. The Labute approximate surface area is 128 Å². The highest BCUT2D eigenvalue weighted by atomic mass is 32.2. The molecule has 0 aliphatic heterocycles. The number of fused-ring (bicyclic) bond motifs is 1. The number of aryl methyl sites for hydroxylation is 1. The molecule has 1 aromatic carbocycles. The van der Waals surface area contributed by atoms with Crippen LogP contribution >= 0.6 is 11.8 Å². The fourth-order valence-corrected chi connectivity index (χ4v) is 3.48. The molecule has 0 spiro atoms. The van der Waals surface area contributed by atoms with Gasteiger partial charge in [0.2, 0.25) is 0 Å². The number of carbonyl (C=O) groups is 1. The molecule has 3 rings (SSSR count). The van der Waals surface area contributed by atoms with E-state index in [4.69, 9.17) is 5.11 Å². The second kappa shape index (κ2) is 5.05. The van der Waals surface area contributed by atoms with Gasteiger partial charge >= 0.3 is 5.97 Å².